The summed E-state index contributed by atoms with van der Waals surface area (Å²) in [5.74, 6) is 0.771. The van der Waals surface area contributed by atoms with E-state index in [0.717, 1.165) is 11.1 Å². The molecule has 5 rings (SSSR count). The lowest BCUT2D eigenvalue weighted by molar-refractivity contribution is 0.0303. The van der Waals surface area contributed by atoms with Crippen LogP contribution in [0.5, 0.6) is 11.5 Å². The Labute approximate surface area is 219 Å². The highest BCUT2D eigenvalue weighted by Gasteiger charge is 2.20. The van der Waals surface area contributed by atoms with E-state index in [-0.39, 0.29) is 19.0 Å². The van der Waals surface area contributed by atoms with Gasteiger partial charge in [-0.1, -0.05) is 42.5 Å². The van der Waals surface area contributed by atoms with Gasteiger partial charge in [0.2, 0.25) is 0 Å². The van der Waals surface area contributed by atoms with Crippen molar-refractivity contribution >= 4 is 16.8 Å². The highest BCUT2D eigenvalue weighted by molar-refractivity contribution is 5.94. The molecule has 9 heteroatoms. The summed E-state index contributed by atoms with van der Waals surface area (Å²) in [6.07, 6.45) is 0. The standard InChI is InChI=1S/C29H29N3O6/c1-36-25-16-23-24(17-26(25)37-2)31(18-20-6-4-3-5-7-20)29(35)32(28(23)34)19-21-8-10-22(11-9-21)27(33)30-12-14-38-15-13-30/h3-11,16-17H,12-15,18-19H2,1-2H3. The van der Waals surface area contributed by atoms with Crippen LogP contribution < -0.4 is 20.7 Å². The molecule has 4 aromatic rings. The summed E-state index contributed by atoms with van der Waals surface area (Å²) in [5, 5.41) is 0.345. The third-order valence-electron chi connectivity index (χ3n) is 6.75. The van der Waals surface area contributed by atoms with Crippen LogP contribution in [0.15, 0.2) is 76.3 Å². The third-order valence-corrected chi connectivity index (χ3v) is 6.75. The zero-order valence-electron chi connectivity index (χ0n) is 21.4. The van der Waals surface area contributed by atoms with Crippen LogP contribution in [0.25, 0.3) is 10.9 Å². The van der Waals surface area contributed by atoms with Gasteiger partial charge in [0, 0.05) is 24.7 Å². The maximum Gasteiger partial charge on any atom is 0.332 e. The second kappa shape index (κ2) is 10.9. The number of morpholine rings is 1. The van der Waals surface area contributed by atoms with E-state index in [1.165, 1.54) is 18.8 Å². The minimum Gasteiger partial charge on any atom is -0.493 e. The molecule has 1 saturated heterocycles. The van der Waals surface area contributed by atoms with E-state index in [0.29, 0.717) is 54.3 Å². The molecule has 0 aliphatic carbocycles. The molecular formula is C29H29N3O6. The number of aromatic nitrogens is 2. The minimum atomic E-state index is -0.438. The molecular weight excluding hydrogens is 486 g/mol. The second-order valence-corrected chi connectivity index (χ2v) is 9.07. The van der Waals surface area contributed by atoms with Gasteiger partial charge in [0.1, 0.15) is 0 Å². The molecule has 0 bridgehead atoms. The van der Waals surface area contributed by atoms with Crippen molar-refractivity contribution in [2.24, 2.45) is 0 Å². The Kier molecular flexibility index (Phi) is 7.28. The van der Waals surface area contributed by atoms with Gasteiger partial charge < -0.3 is 19.1 Å². The van der Waals surface area contributed by atoms with Crippen molar-refractivity contribution < 1.29 is 19.0 Å². The fraction of sp³-hybridized carbons (Fsp3) is 0.276. The number of methoxy groups -OCH3 is 2. The van der Waals surface area contributed by atoms with Gasteiger partial charge in [0.15, 0.2) is 11.5 Å². The van der Waals surface area contributed by atoms with Crippen LogP contribution in [0.3, 0.4) is 0 Å². The van der Waals surface area contributed by atoms with E-state index in [2.05, 4.69) is 0 Å². The molecule has 0 unspecified atom stereocenters. The number of amides is 1. The van der Waals surface area contributed by atoms with E-state index in [9.17, 15) is 14.4 Å². The molecule has 1 aromatic heterocycles. The quantitative estimate of drug-likeness (QED) is 0.376. The van der Waals surface area contributed by atoms with Gasteiger partial charge in [-0.05, 0) is 29.3 Å². The summed E-state index contributed by atoms with van der Waals surface area (Å²) in [4.78, 5) is 41.9. The summed E-state index contributed by atoms with van der Waals surface area (Å²) in [6, 6.07) is 19.9. The van der Waals surface area contributed by atoms with Crippen LogP contribution >= 0.6 is 0 Å². The maximum absolute atomic E-state index is 13.7. The number of ether oxygens (including phenoxy) is 3. The first kappa shape index (κ1) is 25.3. The highest BCUT2D eigenvalue weighted by Crippen LogP contribution is 2.30. The number of carbonyl (C=O) groups is 1. The molecule has 1 aliphatic rings. The lowest BCUT2D eigenvalue weighted by atomic mass is 10.1. The fourth-order valence-electron chi connectivity index (χ4n) is 4.69. The van der Waals surface area contributed by atoms with Gasteiger partial charge >= 0.3 is 5.69 Å². The molecule has 0 radical (unpaired) electrons. The number of rotatable bonds is 7. The molecule has 1 fully saturated rings. The van der Waals surface area contributed by atoms with Crippen LogP contribution in [0, 0.1) is 0 Å². The second-order valence-electron chi connectivity index (χ2n) is 9.07. The Morgan fingerprint density at radius 1 is 0.816 bits per heavy atom. The normalized spacial score (nSPS) is 13.5. The van der Waals surface area contributed by atoms with Crippen molar-refractivity contribution in [3.05, 3.63) is 104 Å². The average molecular weight is 516 g/mol. The van der Waals surface area contributed by atoms with Crippen LogP contribution in [-0.4, -0.2) is 60.5 Å². The maximum atomic E-state index is 13.7. The van der Waals surface area contributed by atoms with Crippen molar-refractivity contribution in [3.63, 3.8) is 0 Å². The van der Waals surface area contributed by atoms with Crippen molar-refractivity contribution in [3.8, 4) is 11.5 Å². The Bertz CT molecular complexity index is 1570. The predicted octanol–water partition coefficient (Wildman–Crippen LogP) is 2.75. The topological polar surface area (TPSA) is 92.0 Å². The molecule has 1 aliphatic heterocycles. The molecule has 0 spiro atoms. The average Bonchev–Trinajstić information content (AvgIpc) is 2.97. The van der Waals surface area contributed by atoms with E-state index in [1.54, 1.807) is 45.9 Å². The van der Waals surface area contributed by atoms with Crippen molar-refractivity contribution in [2.45, 2.75) is 13.1 Å². The van der Waals surface area contributed by atoms with Gasteiger partial charge in [-0.3, -0.25) is 18.7 Å². The summed E-state index contributed by atoms with van der Waals surface area (Å²) in [7, 11) is 3.01. The molecule has 196 valence electrons. The molecule has 3 aromatic carbocycles. The minimum absolute atomic E-state index is 0.0583. The molecule has 9 nitrogen and oxygen atoms in total. The lowest BCUT2D eigenvalue weighted by Gasteiger charge is -2.26. The fourth-order valence-corrected chi connectivity index (χ4v) is 4.69. The summed E-state index contributed by atoms with van der Waals surface area (Å²) >= 11 is 0. The Morgan fingerprint density at radius 2 is 1.42 bits per heavy atom. The van der Waals surface area contributed by atoms with Gasteiger partial charge in [0.05, 0.1) is 51.4 Å². The Balaban J connectivity index is 1.56. The molecule has 1 amide bonds. The largest absolute Gasteiger partial charge is 0.493 e. The van der Waals surface area contributed by atoms with Crippen LogP contribution in [0.1, 0.15) is 21.5 Å². The SMILES string of the molecule is COc1cc2c(=O)n(Cc3ccc(C(=O)N4CCOCC4)cc3)c(=O)n(Cc3ccccc3)c2cc1OC. The monoisotopic (exact) mass is 515 g/mol. The molecule has 0 atom stereocenters. The summed E-state index contributed by atoms with van der Waals surface area (Å²) in [6.45, 7) is 2.51. The Morgan fingerprint density at radius 3 is 2.08 bits per heavy atom. The van der Waals surface area contributed by atoms with Crippen LogP contribution in [-0.2, 0) is 17.8 Å². The molecule has 0 N–H and O–H groups in total. The van der Waals surface area contributed by atoms with E-state index >= 15 is 0 Å². The zero-order valence-corrected chi connectivity index (χ0v) is 21.4. The number of carbonyl (C=O) groups excluding carboxylic acids is 1. The number of benzene rings is 3. The number of fused-ring (bicyclic) bond motifs is 1. The first-order chi connectivity index (χ1) is 18.5. The zero-order chi connectivity index (χ0) is 26.6. The van der Waals surface area contributed by atoms with Gasteiger partial charge in [-0.15, -0.1) is 0 Å². The number of hydrogen-bond donors (Lipinski definition) is 0. The van der Waals surface area contributed by atoms with Gasteiger partial charge in [0.25, 0.3) is 11.5 Å². The van der Waals surface area contributed by atoms with E-state index < -0.39 is 11.2 Å². The van der Waals surface area contributed by atoms with E-state index in [1.807, 2.05) is 30.3 Å². The lowest BCUT2D eigenvalue weighted by Crippen LogP contribution is -2.41. The van der Waals surface area contributed by atoms with Crippen molar-refractivity contribution in [1.82, 2.24) is 14.0 Å². The smallest absolute Gasteiger partial charge is 0.332 e. The summed E-state index contributed by atoms with van der Waals surface area (Å²) in [5.41, 5.74) is 1.80. The number of nitrogens with zero attached hydrogens (tertiary/aromatic N) is 3. The molecule has 38 heavy (non-hydrogen) atoms. The first-order valence-corrected chi connectivity index (χ1v) is 12.4. The van der Waals surface area contributed by atoms with Crippen molar-refractivity contribution in [2.75, 3.05) is 40.5 Å². The predicted molar refractivity (Wildman–Crippen MR) is 143 cm³/mol. The first-order valence-electron chi connectivity index (χ1n) is 12.4. The summed E-state index contributed by atoms with van der Waals surface area (Å²) < 4.78 is 19.0. The number of hydrogen-bond acceptors (Lipinski definition) is 6. The third kappa shape index (κ3) is 4.92. The highest BCUT2D eigenvalue weighted by atomic mass is 16.5. The Hall–Kier alpha value is -4.37. The van der Waals surface area contributed by atoms with Crippen LogP contribution in [0.2, 0.25) is 0 Å². The molecule has 0 saturated carbocycles. The van der Waals surface area contributed by atoms with Gasteiger partial charge in [-0.25, -0.2) is 4.79 Å². The molecule has 2 heterocycles. The van der Waals surface area contributed by atoms with Gasteiger partial charge in [-0.2, -0.15) is 0 Å². The van der Waals surface area contributed by atoms with Crippen LogP contribution in [0.4, 0.5) is 0 Å². The van der Waals surface area contributed by atoms with Crippen molar-refractivity contribution in [1.29, 1.82) is 0 Å². The van der Waals surface area contributed by atoms with E-state index in [4.69, 9.17) is 14.2 Å².